The molecule has 8 aromatic carbocycles. The molecule has 2 heteroatoms. The van der Waals surface area contributed by atoms with E-state index in [1.165, 1.54) is 69.7 Å². The molecule has 0 atom stereocenters. The molecule has 0 amide bonds. The number of hydrogen-bond acceptors (Lipinski definition) is 2. The molecule has 0 aliphatic heterocycles. The third-order valence-electron chi connectivity index (χ3n) is 9.05. The zero-order valence-corrected chi connectivity index (χ0v) is 25.9. The predicted molar refractivity (Wildman–Crippen MR) is 200 cm³/mol. The Bertz CT molecular complexity index is 2530. The number of anilines is 3. The van der Waals surface area contributed by atoms with Gasteiger partial charge in [0.15, 0.2) is 0 Å². The fourth-order valence-corrected chi connectivity index (χ4v) is 7.98. The van der Waals surface area contributed by atoms with Gasteiger partial charge in [-0.3, -0.25) is 0 Å². The summed E-state index contributed by atoms with van der Waals surface area (Å²) in [6.07, 6.45) is 0. The van der Waals surface area contributed by atoms with Crippen LogP contribution < -0.4 is 4.90 Å². The van der Waals surface area contributed by atoms with E-state index in [0.717, 1.165) is 11.4 Å². The molecule has 0 saturated heterocycles. The Morgan fingerprint density at radius 1 is 0.348 bits per heavy atom. The largest absolute Gasteiger partial charge is 0.310 e. The second-order valence-corrected chi connectivity index (χ2v) is 12.8. The van der Waals surface area contributed by atoms with Crippen LogP contribution in [-0.4, -0.2) is 0 Å². The van der Waals surface area contributed by atoms with Gasteiger partial charge in [0.25, 0.3) is 0 Å². The molecule has 46 heavy (non-hydrogen) atoms. The van der Waals surface area contributed by atoms with Gasteiger partial charge in [0.2, 0.25) is 0 Å². The zero-order valence-electron chi connectivity index (χ0n) is 25.1. The SMILES string of the molecule is c1ccc(-c2ccccc2-c2ccc(N(c3ccc4sc5ccccc5c4c3)c3cc4ccccc4c4ccccc34)cc2)cc1. The third-order valence-corrected chi connectivity index (χ3v) is 10.2. The molecule has 0 fully saturated rings. The molecule has 1 heterocycles. The molecule has 9 aromatic rings. The highest BCUT2D eigenvalue weighted by Crippen LogP contribution is 2.45. The Morgan fingerprint density at radius 2 is 0.913 bits per heavy atom. The summed E-state index contributed by atoms with van der Waals surface area (Å²) in [5, 5.41) is 7.60. The van der Waals surface area contributed by atoms with Gasteiger partial charge in [0, 0.05) is 36.9 Å². The lowest BCUT2D eigenvalue weighted by molar-refractivity contribution is 1.31. The zero-order chi connectivity index (χ0) is 30.5. The summed E-state index contributed by atoms with van der Waals surface area (Å²) in [5.41, 5.74) is 8.34. The summed E-state index contributed by atoms with van der Waals surface area (Å²) in [6, 6.07) is 64.0. The van der Waals surface area contributed by atoms with Crippen LogP contribution in [0.5, 0.6) is 0 Å². The summed E-state index contributed by atoms with van der Waals surface area (Å²) in [4.78, 5) is 2.44. The number of nitrogens with zero attached hydrogens (tertiary/aromatic N) is 1. The summed E-state index contributed by atoms with van der Waals surface area (Å²) in [6.45, 7) is 0. The van der Waals surface area contributed by atoms with Crippen molar-refractivity contribution in [1.82, 2.24) is 0 Å². The first kappa shape index (κ1) is 26.7. The Labute approximate surface area is 272 Å². The van der Waals surface area contributed by atoms with Crippen LogP contribution in [0.4, 0.5) is 17.1 Å². The molecular formula is C44H29NS. The van der Waals surface area contributed by atoms with E-state index in [0.29, 0.717) is 0 Å². The van der Waals surface area contributed by atoms with Gasteiger partial charge in [-0.05, 0) is 80.9 Å². The van der Waals surface area contributed by atoms with E-state index in [-0.39, 0.29) is 0 Å². The fourth-order valence-electron chi connectivity index (χ4n) is 6.89. The first-order valence-electron chi connectivity index (χ1n) is 15.7. The first-order valence-corrected chi connectivity index (χ1v) is 16.5. The highest BCUT2D eigenvalue weighted by atomic mass is 32.1. The topological polar surface area (TPSA) is 3.24 Å². The second kappa shape index (κ2) is 11.0. The van der Waals surface area contributed by atoms with E-state index in [9.17, 15) is 0 Å². The van der Waals surface area contributed by atoms with E-state index in [2.05, 4.69) is 181 Å². The molecule has 1 aromatic heterocycles. The van der Waals surface area contributed by atoms with Crippen molar-refractivity contribution >= 4 is 70.1 Å². The van der Waals surface area contributed by atoms with Crippen molar-refractivity contribution in [2.75, 3.05) is 4.90 Å². The minimum absolute atomic E-state index is 1.13. The Morgan fingerprint density at radius 3 is 1.70 bits per heavy atom. The number of hydrogen-bond donors (Lipinski definition) is 0. The van der Waals surface area contributed by atoms with E-state index in [1.807, 2.05) is 11.3 Å². The van der Waals surface area contributed by atoms with Crippen molar-refractivity contribution in [2.45, 2.75) is 0 Å². The van der Waals surface area contributed by atoms with Crippen molar-refractivity contribution in [1.29, 1.82) is 0 Å². The molecule has 0 bridgehead atoms. The summed E-state index contributed by atoms with van der Waals surface area (Å²) in [5.74, 6) is 0. The maximum absolute atomic E-state index is 2.44. The minimum atomic E-state index is 1.13. The van der Waals surface area contributed by atoms with E-state index >= 15 is 0 Å². The fraction of sp³-hybridized carbons (Fsp3) is 0. The van der Waals surface area contributed by atoms with Crippen LogP contribution in [-0.2, 0) is 0 Å². The highest BCUT2D eigenvalue weighted by molar-refractivity contribution is 7.25. The van der Waals surface area contributed by atoms with Gasteiger partial charge in [-0.1, -0.05) is 133 Å². The van der Waals surface area contributed by atoms with E-state index in [4.69, 9.17) is 0 Å². The Hall–Kier alpha value is -5.70. The summed E-state index contributed by atoms with van der Waals surface area (Å²) >= 11 is 1.86. The monoisotopic (exact) mass is 603 g/mol. The van der Waals surface area contributed by atoms with Crippen molar-refractivity contribution in [3.8, 4) is 22.3 Å². The van der Waals surface area contributed by atoms with Gasteiger partial charge >= 0.3 is 0 Å². The lowest BCUT2D eigenvalue weighted by Crippen LogP contribution is -2.10. The van der Waals surface area contributed by atoms with E-state index in [1.54, 1.807) is 0 Å². The number of benzene rings is 8. The average Bonchev–Trinajstić information content (AvgIpc) is 3.51. The third kappa shape index (κ3) is 4.46. The minimum Gasteiger partial charge on any atom is -0.310 e. The van der Waals surface area contributed by atoms with Gasteiger partial charge in [-0.15, -0.1) is 11.3 Å². The maximum atomic E-state index is 2.44. The van der Waals surface area contributed by atoms with Gasteiger partial charge in [0.05, 0.1) is 5.69 Å². The molecular weight excluding hydrogens is 575 g/mol. The van der Waals surface area contributed by atoms with E-state index < -0.39 is 0 Å². The standard InChI is InChI=1S/C44H29NS/c1-2-12-30(13-3-1)35-15-6-7-16-36(35)31-22-24-33(25-23-31)45(34-26-27-44-41(29-34)40-20-10-11-21-43(40)46-44)42-28-32-14-4-5-17-37(32)38-18-8-9-19-39(38)42/h1-29H. The van der Waals surface area contributed by atoms with Crippen LogP contribution in [0.1, 0.15) is 0 Å². The molecule has 0 aliphatic carbocycles. The lowest BCUT2D eigenvalue weighted by atomic mass is 9.94. The van der Waals surface area contributed by atoms with Crippen LogP contribution in [0.25, 0.3) is 64.0 Å². The second-order valence-electron chi connectivity index (χ2n) is 11.7. The van der Waals surface area contributed by atoms with Crippen LogP contribution in [0.2, 0.25) is 0 Å². The van der Waals surface area contributed by atoms with Crippen molar-refractivity contribution in [2.24, 2.45) is 0 Å². The van der Waals surface area contributed by atoms with Crippen molar-refractivity contribution in [3.63, 3.8) is 0 Å². The Balaban J connectivity index is 1.26. The van der Waals surface area contributed by atoms with Gasteiger partial charge < -0.3 is 4.90 Å². The molecule has 0 saturated carbocycles. The van der Waals surface area contributed by atoms with Gasteiger partial charge in [-0.25, -0.2) is 0 Å². The van der Waals surface area contributed by atoms with Crippen LogP contribution in [0.15, 0.2) is 176 Å². The van der Waals surface area contributed by atoms with Gasteiger partial charge in [-0.2, -0.15) is 0 Å². The average molecular weight is 604 g/mol. The molecule has 1 nitrogen and oxygen atoms in total. The van der Waals surface area contributed by atoms with Gasteiger partial charge in [0.1, 0.15) is 0 Å². The van der Waals surface area contributed by atoms with Crippen LogP contribution in [0.3, 0.4) is 0 Å². The maximum Gasteiger partial charge on any atom is 0.0546 e. The quantitative estimate of drug-likeness (QED) is 0.177. The van der Waals surface area contributed by atoms with Crippen LogP contribution >= 0.6 is 11.3 Å². The van der Waals surface area contributed by atoms with Crippen molar-refractivity contribution < 1.29 is 0 Å². The molecule has 9 rings (SSSR count). The summed E-state index contributed by atoms with van der Waals surface area (Å²) < 4.78 is 2.62. The van der Waals surface area contributed by atoms with Crippen LogP contribution in [0, 0.1) is 0 Å². The molecule has 0 radical (unpaired) electrons. The van der Waals surface area contributed by atoms with Crippen molar-refractivity contribution in [3.05, 3.63) is 176 Å². The smallest absolute Gasteiger partial charge is 0.0546 e. The molecule has 0 aliphatic rings. The number of fused-ring (bicyclic) bond motifs is 6. The molecule has 216 valence electrons. The first-order chi connectivity index (χ1) is 22.8. The summed E-state index contributed by atoms with van der Waals surface area (Å²) in [7, 11) is 0. The lowest BCUT2D eigenvalue weighted by Gasteiger charge is -2.28. The number of rotatable bonds is 5. The number of thiophene rings is 1. The highest BCUT2D eigenvalue weighted by Gasteiger charge is 2.19. The molecule has 0 spiro atoms. The Kier molecular flexibility index (Phi) is 6.40. The predicted octanol–water partition coefficient (Wildman–Crippen LogP) is 13.2. The molecule has 0 unspecified atom stereocenters. The normalized spacial score (nSPS) is 11.5. The molecule has 0 N–H and O–H groups in total.